The monoisotopic (exact) mass is 323 g/mol. The van der Waals surface area contributed by atoms with Crippen molar-refractivity contribution >= 4 is 5.91 Å². The average molecular weight is 323 g/mol. The Labute approximate surface area is 141 Å². The highest BCUT2D eigenvalue weighted by molar-refractivity contribution is 5.94. The van der Waals surface area contributed by atoms with Gasteiger partial charge in [-0.3, -0.25) is 4.79 Å². The lowest BCUT2D eigenvalue weighted by atomic mass is 10.1. The summed E-state index contributed by atoms with van der Waals surface area (Å²) in [5.41, 5.74) is 4.18. The SMILES string of the molecule is Cc1ccc(C)c(-n2nc(-c3ccco3)cc2C(=O)NC(C)C)c1. The summed E-state index contributed by atoms with van der Waals surface area (Å²) < 4.78 is 7.12. The largest absolute Gasteiger partial charge is 0.463 e. The van der Waals surface area contributed by atoms with Crippen molar-refractivity contribution in [3.05, 3.63) is 59.5 Å². The number of rotatable bonds is 4. The molecule has 0 atom stereocenters. The average Bonchev–Trinajstić information content (AvgIpc) is 3.17. The zero-order valence-corrected chi connectivity index (χ0v) is 14.3. The van der Waals surface area contributed by atoms with Crippen LogP contribution >= 0.6 is 0 Å². The van der Waals surface area contributed by atoms with E-state index in [9.17, 15) is 4.79 Å². The Kier molecular flexibility index (Phi) is 4.25. The lowest BCUT2D eigenvalue weighted by Gasteiger charge is -2.12. The molecular formula is C19H21N3O2. The number of carbonyl (C=O) groups is 1. The summed E-state index contributed by atoms with van der Waals surface area (Å²) >= 11 is 0. The first-order valence-electron chi connectivity index (χ1n) is 7.98. The molecule has 3 aromatic rings. The van der Waals surface area contributed by atoms with Gasteiger partial charge >= 0.3 is 0 Å². The Balaban J connectivity index is 2.15. The van der Waals surface area contributed by atoms with Crippen molar-refractivity contribution in [1.82, 2.24) is 15.1 Å². The number of amides is 1. The second-order valence-corrected chi connectivity index (χ2v) is 6.22. The van der Waals surface area contributed by atoms with Crippen molar-refractivity contribution in [3.8, 4) is 17.1 Å². The van der Waals surface area contributed by atoms with Gasteiger partial charge in [0.15, 0.2) is 5.76 Å². The van der Waals surface area contributed by atoms with Gasteiger partial charge in [0.25, 0.3) is 5.91 Å². The van der Waals surface area contributed by atoms with Crippen LogP contribution in [0, 0.1) is 13.8 Å². The van der Waals surface area contributed by atoms with E-state index in [2.05, 4.69) is 10.4 Å². The summed E-state index contributed by atoms with van der Waals surface area (Å²) in [4.78, 5) is 12.6. The molecule has 0 unspecified atom stereocenters. The van der Waals surface area contributed by atoms with Gasteiger partial charge in [0.2, 0.25) is 0 Å². The molecule has 5 heteroatoms. The number of aromatic nitrogens is 2. The Morgan fingerprint density at radius 3 is 2.67 bits per heavy atom. The molecular weight excluding hydrogens is 302 g/mol. The molecule has 1 N–H and O–H groups in total. The van der Waals surface area contributed by atoms with Crippen LogP contribution in [-0.4, -0.2) is 21.7 Å². The lowest BCUT2D eigenvalue weighted by Crippen LogP contribution is -2.31. The molecule has 0 aliphatic rings. The first-order chi connectivity index (χ1) is 11.5. The van der Waals surface area contributed by atoms with Crippen molar-refractivity contribution in [1.29, 1.82) is 0 Å². The van der Waals surface area contributed by atoms with E-state index in [0.29, 0.717) is 17.1 Å². The van der Waals surface area contributed by atoms with Crippen LogP contribution in [0.5, 0.6) is 0 Å². The van der Waals surface area contributed by atoms with E-state index in [4.69, 9.17) is 4.42 Å². The molecule has 124 valence electrons. The van der Waals surface area contributed by atoms with Crippen molar-refractivity contribution in [2.45, 2.75) is 33.7 Å². The number of hydrogen-bond donors (Lipinski definition) is 1. The van der Waals surface area contributed by atoms with E-state index in [0.717, 1.165) is 16.8 Å². The zero-order chi connectivity index (χ0) is 17.3. The molecule has 0 spiro atoms. The molecule has 0 bridgehead atoms. The minimum Gasteiger partial charge on any atom is -0.463 e. The Hall–Kier alpha value is -2.82. The summed E-state index contributed by atoms with van der Waals surface area (Å²) in [6.45, 7) is 7.90. The van der Waals surface area contributed by atoms with Crippen LogP contribution in [0.3, 0.4) is 0 Å². The van der Waals surface area contributed by atoms with Crippen LogP contribution in [0.1, 0.15) is 35.5 Å². The van der Waals surface area contributed by atoms with Crippen LogP contribution < -0.4 is 5.32 Å². The third-order valence-corrected chi connectivity index (χ3v) is 3.73. The van der Waals surface area contributed by atoms with Gasteiger partial charge in [-0.25, -0.2) is 4.68 Å². The van der Waals surface area contributed by atoms with E-state index in [1.807, 2.05) is 52.0 Å². The van der Waals surface area contributed by atoms with Gasteiger partial charge in [-0.2, -0.15) is 5.10 Å². The molecule has 0 radical (unpaired) electrons. The number of carbonyl (C=O) groups excluding carboxylic acids is 1. The summed E-state index contributed by atoms with van der Waals surface area (Å²) in [7, 11) is 0. The van der Waals surface area contributed by atoms with Gasteiger partial charge in [-0.1, -0.05) is 12.1 Å². The van der Waals surface area contributed by atoms with Gasteiger partial charge in [0.1, 0.15) is 11.4 Å². The highest BCUT2D eigenvalue weighted by Crippen LogP contribution is 2.24. The van der Waals surface area contributed by atoms with Gasteiger partial charge < -0.3 is 9.73 Å². The number of aryl methyl sites for hydroxylation is 2. The van der Waals surface area contributed by atoms with E-state index in [-0.39, 0.29) is 11.9 Å². The fourth-order valence-electron chi connectivity index (χ4n) is 2.55. The number of hydrogen-bond acceptors (Lipinski definition) is 3. The number of nitrogens with one attached hydrogen (secondary N) is 1. The molecule has 3 rings (SSSR count). The molecule has 0 aliphatic heterocycles. The van der Waals surface area contributed by atoms with Gasteiger partial charge in [-0.15, -0.1) is 0 Å². The normalized spacial score (nSPS) is 11.0. The Morgan fingerprint density at radius 1 is 1.21 bits per heavy atom. The second kappa shape index (κ2) is 6.35. The molecule has 1 amide bonds. The second-order valence-electron chi connectivity index (χ2n) is 6.22. The van der Waals surface area contributed by atoms with Gasteiger partial charge in [0.05, 0.1) is 12.0 Å². The molecule has 2 aromatic heterocycles. The quantitative estimate of drug-likeness (QED) is 0.792. The molecule has 24 heavy (non-hydrogen) atoms. The van der Waals surface area contributed by atoms with Gasteiger partial charge in [-0.05, 0) is 57.0 Å². The summed E-state index contributed by atoms with van der Waals surface area (Å²) in [6.07, 6.45) is 1.60. The number of benzene rings is 1. The summed E-state index contributed by atoms with van der Waals surface area (Å²) in [5, 5.41) is 7.55. The summed E-state index contributed by atoms with van der Waals surface area (Å²) in [6, 6.07) is 11.6. The van der Waals surface area contributed by atoms with Crippen LogP contribution in [0.2, 0.25) is 0 Å². The van der Waals surface area contributed by atoms with Crippen molar-refractivity contribution in [2.24, 2.45) is 0 Å². The molecule has 0 fully saturated rings. The minimum atomic E-state index is -0.156. The third kappa shape index (κ3) is 3.11. The first kappa shape index (κ1) is 16.1. The maximum absolute atomic E-state index is 12.6. The predicted molar refractivity (Wildman–Crippen MR) is 93.3 cm³/mol. The van der Waals surface area contributed by atoms with Crippen molar-refractivity contribution < 1.29 is 9.21 Å². The lowest BCUT2D eigenvalue weighted by molar-refractivity contribution is 0.0935. The third-order valence-electron chi connectivity index (χ3n) is 3.73. The van der Waals surface area contributed by atoms with E-state index in [1.165, 1.54) is 0 Å². The van der Waals surface area contributed by atoms with Gasteiger partial charge in [0, 0.05) is 12.1 Å². The molecule has 1 aromatic carbocycles. The van der Waals surface area contributed by atoms with Crippen molar-refractivity contribution in [3.63, 3.8) is 0 Å². The molecule has 0 aliphatic carbocycles. The molecule has 0 saturated heterocycles. The van der Waals surface area contributed by atoms with E-state index in [1.54, 1.807) is 23.1 Å². The highest BCUT2D eigenvalue weighted by Gasteiger charge is 2.20. The topological polar surface area (TPSA) is 60.1 Å². The maximum atomic E-state index is 12.6. The molecule has 5 nitrogen and oxygen atoms in total. The highest BCUT2D eigenvalue weighted by atomic mass is 16.3. The van der Waals surface area contributed by atoms with Crippen LogP contribution in [0.25, 0.3) is 17.1 Å². The van der Waals surface area contributed by atoms with E-state index >= 15 is 0 Å². The minimum absolute atomic E-state index is 0.0477. The van der Waals surface area contributed by atoms with Crippen LogP contribution in [0.15, 0.2) is 47.1 Å². The summed E-state index contributed by atoms with van der Waals surface area (Å²) in [5.74, 6) is 0.480. The van der Waals surface area contributed by atoms with E-state index < -0.39 is 0 Å². The zero-order valence-electron chi connectivity index (χ0n) is 14.3. The Bertz CT molecular complexity index is 861. The van der Waals surface area contributed by atoms with Crippen LogP contribution in [-0.2, 0) is 0 Å². The molecule has 2 heterocycles. The fraction of sp³-hybridized carbons (Fsp3) is 0.263. The number of furan rings is 1. The first-order valence-corrected chi connectivity index (χ1v) is 7.98. The number of nitrogens with zero attached hydrogens (tertiary/aromatic N) is 2. The standard InChI is InChI=1S/C19H21N3O2/c1-12(2)20-19(23)17-11-15(18-6-5-9-24-18)21-22(17)16-10-13(3)7-8-14(16)4/h5-12H,1-4H3,(H,20,23). The smallest absolute Gasteiger partial charge is 0.270 e. The maximum Gasteiger partial charge on any atom is 0.270 e. The fourth-order valence-corrected chi connectivity index (χ4v) is 2.55. The van der Waals surface area contributed by atoms with Crippen molar-refractivity contribution in [2.75, 3.05) is 0 Å². The Morgan fingerprint density at radius 2 is 2.00 bits per heavy atom. The predicted octanol–water partition coefficient (Wildman–Crippen LogP) is 3.89. The van der Waals surface area contributed by atoms with Crippen LogP contribution in [0.4, 0.5) is 0 Å². The molecule has 0 saturated carbocycles.